The monoisotopic (exact) mass is 311 g/mol. The normalized spacial score (nSPS) is 11.7. The molecular formula is C13H17N3O2S2. The number of nitrogens with one attached hydrogen (secondary N) is 1. The van der Waals surface area contributed by atoms with Crippen molar-refractivity contribution in [2.24, 2.45) is 0 Å². The molecule has 108 valence electrons. The number of hydrogen-bond donors (Lipinski definition) is 2. The van der Waals surface area contributed by atoms with Gasteiger partial charge in [-0.2, -0.15) is 0 Å². The average Bonchev–Trinajstić information content (AvgIpc) is 2.87. The smallest absolute Gasteiger partial charge is 0.242 e. The lowest BCUT2D eigenvalue weighted by atomic mass is 10.1. The van der Waals surface area contributed by atoms with E-state index in [1.165, 1.54) is 11.3 Å². The van der Waals surface area contributed by atoms with Gasteiger partial charge in [-0.1, -0.05) is 6.07 Å². The van der Waals surface area contributed by atoms with Crippen LogP contribution in [0.4, 0.5) is 5.69 Å². The molecule has 0 spiro atoms. The van der Waals surface area contributed by atoms with Crippen LogP contribution in [0.25, 0.3) is 0 Å². The van der Waals surface area contributed by atoms with Crippen LogP contribution >= 0.6 is 11.3 Å². The summed E-state index contributed by atoms with van der Waals surface area (Å²) in [4.78, 5) is 4.29. The summed E-state index contributed by atoms with van der Waals surface area (Å²) in [6, 6.07) is 3.44. The van der Waals surface area contributed by atoms with Gasteiger partial charge in [0.15, 0.2) is 0 Å². The maximum absolute atomic E-state index is 12.3. The molecule has 0 amide bonds. The van der Waals surface area contributed by atoms with Gasteiger partial charge >= 0.3 is 0 Å². The summed E-state index contributed by atoms with van der Waals surface area (Å²) in [7, 11) is -3.60. The number of anilines is 1. The number of nitrogens with two attached hydrogens (primary N) is 1. The van der Waals surface area contributed by atoms with Crippen molar-refractivity contribution in [3.63, 3.8) is 0 Å². The zero-order valence-corrected chi connectivity index (χ0v) is 13.0. The van der Waals surface area contributed by atoms with E-state index in [1.807, 2.05) is 18.4 Å². The molecule has 0 bridgehead atoms. The van der Waals surface area contributed by atoms with Gasteiger partial charge in [-0.05, 0) is 31.0 Å². The Bertz CT molecular complexity index is 695. The molecule has 0 aliphatic heterocycles. The quantitative estimate of drug-likeness (QED) is 0.825. The van der Waals surface area contributed by atoms with Crippen molar-refractivity contribution in [3.8, 4) is 0 Å². The van der Waals surface area contributed by atoms with E-state index < -0.39 is 10.0 Å². The van der Waals surface area contributed by atoms with Crippen molar-refractivity contribution >= 4 is 27.0 Å². The van der Waals surface area contributed by atoms with Crippen LogP contribution in [0.5, 0.6) is 0 Å². The lowest BCUT2D eigenvalue weighted by Crippen LogP contribution is -2.27. The van der Waals surface area contributed by atoms with Gasteiger partial charge in [-0.25, -0.2) is 18.1 Å². The number of benzene rings is 1. The van der Waals surface area contributed by atoms with Crippen LogP contribution in [-0.2, 0) is 16.4 Å². The van der Waals surface area contributed by atoms with Gasteiger partial charge in [0.25, 0.3) is 0 Å². The highest BCUT2D eigenvalue weighted by Gasteiger charge is 2.20. The summed E-state index contributed by atoms with van der Waals surface area (Å²) in [5.74, 6) is 0. The Morgan fingerprint density at radius 1 is 1.35 bits per heavy atom. The van der Waals surface area contributed by atoms with Crippen molar-refractivity contribution in [2.75, 3.05) is 12.3 Å². The number of nitrogen functional groups attached to an aromatic ring is 1. The van der Waals surface area contributed by atoms with E-state index >= 15 is 0 Å². The zero-order valence-electron chi connectivity index (χ0n) is 11.4. The summed E-state index contributed by atoms with van der Waals surface area (Å²) in [5, 5.41) is 2.77. The highest BCUT2D eigenvalue weighted by molar-refractivity contribution is 7.89. The topological polar surface area (TPSA) is 85.1 Å². The summed E-state index contributed by atoms with van der Waals surface area (Å²) in [5.41, 5.74) is 7.68. The SMILES string of the molecule is Cc1ccc(N)c(S(=O)(=O)NCCc2nccs2)c1C. The lowest BCUT2D eigenvalue weighted by molar-refractivity contribution is 0.581. The number of sulfonamides is 1. The molecule has 20 heavy (non-hydrogen) atoms. The first-order valence-corrected chi connectivity index (χ1v) is 8.52. The first kappa shape index (κ1) is 15.0. The van der Waals surface area contributed by atoms with Crippen LogP contribution in [0.2, 0.25) is 0 Å². The Kier molecular flexibility index (Phi) is 4.42. The van der Waals surface area contributed by atoms with E-state index in [0.717, 1.165) is 10.6 Å². The molecule has 0 radical (unpaired) electrons. The zero-order chi connectivity index (χ0) is 14.8. The molecule has 2 aromatic rings. The highest BCUT2D eigenvalue weighted by Crippen LogP contribution is 2.24. The van der Waals surface area contributed by atoms with E-state index in [0.29, 0.717) is 18.5 Å². The minimum Gasteiger partial charge on any atom is -0.398 e. The van der Waals surface area contributed by atoms with Crippen molar-refractivity contribution in [1.82, 2.24) is 9.71 Å². The van der Waals surface area contributed by atoms with E-state index in [-0.39, 0.29) is 10.6 Å². The molecule has 7 heteroatoms. The molecule has 0 saturated carbocycles. The second-order valence-corrected chi connectivity index (χ2v) is 7.18. The molecule has 2 rings (SSSR count). The van der Waals surface area contributed by atoms with Gasteiger partial charge in [0, 0.05) is 24.5 Å². The minimum atomic E-state index is -3.60. The van der Waals surface area contributed by atoms with Crippen LogP contribution in [0.15, 0.2) is 28.6 Å². The van der Waals surface area contributed by atoms with Crippen LogP contribution in [-0.4, -0.2) is 19.9 Å². The number of aryl methyl sites for hydroxylation is 1. The van der Waals surface area contributed by atoms with Crippen LogP contribution < -0.4 is 10.5 Å². The van der Waals surface area contributed by atoms with E-state index in [9.17, 15) is 8.42 Å². The number of aromatic nitrogens is 1. The Hall–Kier alpha value is -1.44. The van der Waals surface area contributed by atoms with Gasteiger partial charge < -0.3 is 5.73 Å². The third kappa shape index (κ3) is 3.17. The van der Waals surface area contributed by atoms with E-state index in [2.05, 4.69) is 9.71 Å². The molecule has 0 fully saturated rings. The first-order chi connectivity index (χ1) is 9.42. The fourth-order valence-electron chi connectivity index (χ4n) is 1.91. The Morgan fingerprint density at radius 2 is 2.10 bits per heavy atom. The fraction of sp³-hybridized carbons (Fsp3) is 0.308. The third-order valence-corrected chi connectivity index (χ3v) is 5.59. The fourth-order valence-corrected chi connectivity index (χ4v) is 3.99. The van der Waals surface area contributed by atoms with Gasteiger partial charge in [0.1, 0.15) is 4.90 Å². The van der Waals surface area contributed by atoms with Gasteiger partial charge in [0.2, 0.25) is 10.0 Å². The van der Waals surface area contributed by atoms with Crippen LogP contribution in [0, 0.1) is 13.8 Å². The van der Waals surface area contributed by atoms with Gasteiger partial charge in [-0.3, -0.25) is 0 Å². The molecule has 1 heterocycles. The number of nitrogens with zero attached hydrogens (tertiary/aromatic N) is 1. The summed E-state index contributed by atoms with van der Waals surface area (Å²) < 4.78 is 27.3. The first-order valence-electron chi connectivity index (χ1n) is 6.15. The van der Waals surface area contributed by atoms with Crippen LogP contribution in [0.1, 0.15) is 16.1 Å². The lowest BCUT2D eigenvalue weighted by Gasteiger charge is -2.13. The molecule has 5 nitrogen and oxygen atoms in total. The molecule has 3 N–H and O–H groups in total. The standard InChI is InChI=1S/C13H17N3O2S2/c1-9-3-4-11(14)13(10(9)2)20(17,18)16-6-5-12-15-7-8-19-12/h3-4,7-8,16H,5-6,14H2,1-2H3. The maximum atomic E-state index is 12.3. The molecule has 1 aromatic heterocycles. The molecule has 0 atom stereocenters. The van der Waals surface area contributed by atoms with Crippen molar-refractivity contribution < 1.29 is 8.42 Å². The number of hydrogen-bond acceptors (Lipinski definition) is 5. The average molecular weight is 311 g/mol. The number of thiazole rings is 1. The van der Waals surface area contributed by atoms with Crippen molar-refractivity contribution in [3.05, 3.63) is 39.8 Å². The molecule has 0 unspecified atom stereocenters. The maximum Gasteiger partial charge on any atom is 0.242 e. The van der Waals surface area contributed by atoms with E-state index in [4.69, 9.17) is 5.73 Å². The summed E-state index contributed by atoms with van der Waals surface area (Å²) >= 11 is 1.51. The Balaban J connectivity index is 2.16. The molecule has 0 saturated heterocycles. The van der Waals surface area contributed by atoms with Gasteiger partial charge in [-0.15, -0.1) is 11.3 Å². The summed E-state index contributed by atoms with van der Waals surface area (Å²) in [6.07, 6.45) is 2.28. The second-order valence-electron chi connectivity index (χ2n) is 4.50. The van der Waals surface area contributed by atoms with Gasteiger partial charge in [0.05, 0.1) is 10.7 Å². The third-order valence-electron chi connectivity index (χ3n) is 3.09. The second kappa shape index (κ2) is 5.90. The molecule has 0 aliphatic rings. The summed E-state index contributed by atoms with van der Waals surface area (Å²) in [6.45, 7) is 3.94. The number of rotatable bonds is 5. The predicted molar refractivity (Wildman–Crippen MR) is 81.3 cm³/mol. The van der Waals surface area contributed by atoms with Crippen molar-refractivity contribution in [1.29, 1.82) is 0 Å². The van der Waals surface area contributed by atoms with Crippen molar-refractivity contribution in [2.45, 2.75) is 25.2 Å². The Morgan fingerprint density at radius 3 is 2.75 bits per heavy atom. The molecular weight excluding hydrogens is 294 g/mol. The highest BCUT2D eigenvalue weighted by atomic mass is 32.2. The molecule has 0 aliphatic carbocycles. The Labute approximate surface area is 122 Å². The predicted octanol–water partition coefficient (Wildman–Crippen LogP) is 1.86. The van der Waals surface area contributed by atoms with Crippen LogP contribution in [0.3, 0.4) is 0 Å². The molecule has 1 aromatic carbocycles. The minimum absolute atomic E-state index is 0.177. The van der Waals surface area contributed by atoms with E-state index in [1.54, 1.807) is 19.2 Å². The largest absolute Gasteiger partial charge is 0.398 e.